The van der Waals surface area contributed by atoms with E-state index < -0.39 is 11.8 Å². The Labute approximate surface area is 180 Å². The summed E-state index contributed by atoms with van der Waals surface area (Å²) in [6.07, 6.45) is 4.54. The molecule has 0 N–H and O–H groups in total. The fraction of sp³-hybridized carbons (Fsp3) is 0.364. The number of ether oxygens (including phenoxy) is 1. The first-order valence-corrected chi connectivity index (χ1v) is 10.1. The molecule has 2 amide bonds. The Morgan fingerprint density at radius 2 is 1.94 bits per heavy atom. The van der Waals surface area contributed by atoms with Gasteiger partial charge in [0.15, 0.2) is 0 Å². The molecule has 0 saturated carbocycles. The second-order valence-corrected chi connectivity index (χ2v) is 7.86. The average molecular weight is 422 g/mol. The van der Waals surface area contributed by atoms with Gasteiger partial charge in [0.05, 0.1) is 24.0 Å². The van der Waals surface area contributed by atoms with Crippen LogP contribution in [0.4, 0.5) is 5.82 Å². The standard InChI is InChI=1S/C22H26N6O3/c1-25(2)21(29)22(30)27(4)19-9-5-8-18-24-15(14-28(18)19)13-26(3)16-10-12-31-17-7-6-11-23-20(16)17/h5-9,11,14,16H,10,12-13H2,1-4H3. The van der Waals surface area contributed by atoms with Crippen molar-refractivity contribution in [2.24, 2.45) is 0 Å². The SMILES string of the molecule is CN(C)C(=O)C(=O)N(C)c1cccc2nc(CN(C)C3CCOc4cccnc43)cn12. The molecule has 0 radical (unpaired) electrons. The molecule has 31 heavy (non-hydrogen) atoms. The largest absolute Gasteiger partial charge is 0.492 e. The van der Waals surface area contributed by atoms with E-state index in [0.29, 0.717) is 24.6 Å². The highest BCUT2D eigenvalue weighted by Crippen LogP contribution is 2.34. The molecule has 1 unspecified atom stereocenters. The zero-order chi connectivity index (χ0) is 22.1. The van der Waals surface area contributed by atoms with E-state index in [0.717, 1.165) is 23.6 Å². The molecule has 4 rings (SSSR count). The molecule has 3 aromatic rings. The smallest absolute Gasteiger partial charge is 0.317 e. The zero-order valence-electron chi connectivity index (χ0n) is 18.1. The van der Waals surface area contributed by atoms with E-state index in [1.165, 1.54) is 9.80 Å². The molecule has 162 valence electrons. The first kappa shape index (κ1) is 20.8. The summed E-state index contributed by atoms with van der Waals surface area (Å²) in [6, 6.07) is 9.46. The van der Waals surface area contributed by atoms with Gasteiger partial charge >= 0.3 is 11.8 Å². The van der Waals surface area contributed by atoms with E-state index >= 15 is 0 Å². The van der Waals surface area contributed by atoms with Crippen molar-refractivity contribution in [1.29, 1.82) is 0 Å². The lowest BCUT2D eigenvalue weighted by Crippen LogP contribution is -2.41. The number of carbonyl (C=O) groups is 2. The van der Waals surface area contributed by atoms with E-state index in [-0.39, 0.29) is 6.04 Å². The molecular formula is C22H26N6O3. The lowest BCUT2D eigenvalue weighted by atomic mass is 10.1. The molecule has 9 nitrogen and oxygen atoms in total. The van der Waals surface area contributed by atoms with Crippen molar-refractivity contribution in [3.8, 4) is 5.75 Å². The van der Waals surface area contributed by atoms with Crippen LogP contribution in [-0.2, 0) is 16.1 Å². The van der Waals surface area contributed by atoms with Crippen molar-refractivity contribution in [3.05, 3.63) is 54.1 Å². The second kappa shape index (κ2) is 8.35. The lowest BCUT2D eigenvalue weighted by molar-refractivity contribution is -0.142. The van der Waals surface area contributed by atoms with Gasteiger partial charge in [-0.1, -0.05) is 6.07 Å². The molecule has 0 fully saturated rings. The van der Waals surface area contributed by atoms with Gasteiger partial charge in [0, 0.05) is 46.5 Å². The normalized spacial score (nSPS) is 15.5. The summed E-state index contributed by atoms with van der Waals surface area (Å²) in [5.41, 5.74) is 2.51. The van der Waals surface area contributed by atoms with E-state index in [1.807, 2.05) is 41.9 Å². The van der Waals surface area contributed by atoms with Crippen molar-refractivity contribution in [1.82, 2.24) is 24.2 Å². The maximum atomic E-state index is 12.5. The maximum absolute atomic E-state index is 12.5. The van der Waals surface area contributed by atoms with Crippen LogP contribution in [0.5, 0.6) is 5.75 Å². The lowest BCUT2D eigenvalue weighted by Gasteiger charge is -2.31. The van der Waals surface area contributed by atoms with E-state index in [2.05, 4.69) is 9.88 Å². The van der Waals surface area contributed by atoms with Gasteiger partial charge in [0.2, 0.25) is 0 Å². The second-order valence-electron chi connectivity index (χ2n) is 7.86. The van der Waals surface area contributed by atoms with Crippen LogP contribution >= 0.6 is 0 Å². The fourth-order valence-corrected chi connectivity index (χ4v) is 3.82. The van der Waals surface area contributed by atoms with Crippen LogP contribution in [0.25, 0.3) is 5.65 Å². The highest BCUT2D eigenvalue weighted by Gasteiger charge is 2.27. The van der Waals surface area contributed by atoms with Crippen LogP contribution in [0.15, 0.2) is 42.7 Å². The summed E-state index contributed by atoms with van der Waals surface area (Å²) in [5.74, 6) is 0.228. The van der Waals surface area contributed by atoms with Gasteiger partial charge < -0.3 is 9.64 Å². The van der Waals surface area contributed by atoms with E-state index in [4.69, 9.17) is 9.72 Å². The number of aromatic nitrogens is 3. The van der Waals surface area contributed by atoms with Crippen LogP contribution in [0.1, 0.15) is 23.9 Å². The number of carbonyl (C=O) groups excluding carboxylic acids is 2. The third-order valence-electron chi connectivity index (χ3n) is 5.47. The summed E-state index contributed by atoms with van der Waals surface area (Å²) in [6.45, 7) is 1.26. The number of fused-ring (bicyclic) bond motifs is 2. The van der Waals surface area contributed by atoms with Crippen LogP contribution in [0, 0.1) is 0 Å². The molecular weight excluding hydrogens is 396 g/mol. The van der Waals surface area contributed by atoms with Crippen LogP contribution in [0.3, 0.4) is 0 Å². The first-order valence-electron chi connectivity index (χ1n) is 10.1. The summed E-state index contributed by atoms with van der Waals surface area (Å²) >= 11 is 0. The minimum Gasteiger partial charge on any atom is -0.492 e. The van der Waals surface area contributed by atoms with Crippen LogP contribution < -0.4 is 9.64 Å². The van der Waals surface area contributed by atoms with Crippen molar-refractivity contribution in [3.63, 3.8) is 0 Å². The molecule has 0 spiro atoms. The summed E-state index contributed by atoms with van der Waals surface area (Å²) in [7, 11) is 6.76. The number of hydrogen-bond acceptors (Lipinski definition) is 6. The predicted molar refractivity (Wildman–Crippen MR) is 116 cm³/mol. The third-order valence-corrected chi connectivity index (χ3v) is 5.47. The predicted octanol–water partition coefficient (Wildman–Crippen LogP) is 1.74. The molecule has 0 bridgehead atoms. The van der Waals surface area contributed by atoms with Crippen molar-refractivity contribution >= 4 is 23.3 Å². The molecule has 9 heteroatoms. The third kappa shape index (κ3) is 3.96. The molecule has 0 aromatic carbocycles. The fourth-order valence-electron chi connectivity index (χ4n) is 3.82. The summed E-state index contributed by atoms with van der Waals surface area (Å²) < 4.78 is 7.56. The van der Waals surface area contributed by atoms with Crippen LogP contribution in [0.2, 0.25) is 0 Å². The summed E-state index contributed by atoms with van der Waals surface area (Å²) in [4.78, 5) is 38.7. The van der Waals surface area contributed by atoms with Gasteiger partial charge in [-0.2, -0.15) is 0 Å². The van der Waals surface area contributed by atoms with Crippen molar-refractivity contribution in [2.45, 2.75) is 19.0 Å². The van der Waals surface area contributed by atoms with Gasteiger partial charge in [0.1, 0.15) is 17.2 Å². The highest BCUT2D eigenvalue weighted by molar-refractivity contribution is 6.39. The van der Waals surface area contributed by atoms with Gasteiger partial charge in [-0.25, -0.2) is 4.98 Å². The number of imidazole rings is 1. The van der Waals surface area contributed by atoms with Gasteiger partial charge in [-0.3, -0.25) is 28.8 Å². The van der Waals surface area contributed by atoms with Crippen LogP contribution in [-0.4, -0.2) is 70.8 Å². The number of nitrogens with zero attached hydrogens (tertiary/aromatic N) is 6. The summed E-state index contributed by atoms with van der Waals surface area (Å²) in [5, 5.41) is 0. The van der Waals surface area contributed by atoms with Gasteiger partial charge in [-0.15, -0.1) is 0 Å². The highest BCUT2D eigenvalue weighted by atomic mass is 16.5. The number of pyridine rings is 2. The Bertz CT molecular complexity index is 1130. The molecule has 0 saturated heterocycles. The number of rotatable bonds is 4. The monoisotopic (exact) mass is 422 g/mol. The quantitative estimate of drug-likeness (QED) is 0.596. The first-order chi connectivity index (χ1) is 14.9. The number of anilines is 1. The maximum Gasteiger partial charge on any atom is 0.317 e. The number of hydrogen-bond donors (Lipinski definition) is 0. The molecule has 4 heterocycles. The van der Waals surface area contributed by atoms with E-state index in [9.17, 15) is 9.59 Å². The molecule has 1 aliphatic heterocycles. The zero-order valence-corrected chi connectivity index (χ0v) is 18.1. The Morgan fingerprint density at radius 1 is 1.13 bits per heavy atom. The minimum absolute atomic E-state index is 0.135. The Kier molecular flexibility index (Phi) is 5.60. The van der Waals surface area contributed by atoms with Gasteiger partial charge in [-0.05, 0) is 31.3 Å². The topological polar surface area (TPSA) is 83.3 Å². The molecule has 1 atom stereocenters. The Hall–Kier alpha value is -3.46. The van der Waals surface area contributed by atoms with Crippen molar-refractivity contribution in [2.75, 3.05) is 39.7 Å². The molecule has 0 aliphatic carbocycles. The number of likely N-dealkylation sites (N-methyl/N-ethyl adjacent to an activating group) is 2. The van der Waals surface area contributed by atoms with E-state index in [1.54, 1.807) is 33.4 Å². The minimum atomic E-state index is -0.602. The Morgan fingerprint density at radius 3 is 2.71 bits per heavy atom. The average Bonchev–Trinajstić information content (AvgIpc) is 3.19. The molecule has 3 aromatic heterocycles. The van der Waals surface area contributed by atoms with Crippen molar-refractivity contribution < 1.29 is 14.3 Å². The molecule has 1 aliphatic rings. The Balaban J connectivity index is 1.59. The number of amides is 2. The van der Waals surface area contributed by atoms with Gasteiger partial charge in [0.25, 0.3) is 0 Å².